The minimum atomic E-state index is 0.544. The van der Waals surface area contributed by atoms with Crippen molar-refractivity contribution in [3.05, 3.63) is 56.8 Å². The van der Waals surface area contributed by atoms with Crippen LogP contribution in [0.5, 0.6) is 0 Å². The van der Waals surface area contributed by atoms with Gasteiger partial charge in [0.1, 0.15) is 0 Å². The number of aromatic nitrogens is 2. The highest BCUT2D eigenvalue weighted by atomic mass is 79.9. The lowest BCUT2D eigenvalue weighted by Gasteiger charge is -2.10. The molecule has 0 fully saturated rings. The molecule has 0 saturated carbocycles. The molecule has 1 aliphatic rings. The molecule has 1 aliphatic carbocycles. The molecule has 0 saturated heterocycles. The van der Waals surface area contributed by atoms with E-state index in [0.29, 0.717) is 5.89 Å². The van der Waals surface area contributed by atoms with Crippen LogP contribution in [-0.2, 0) is 6.42 Å². The highest BCUT2D eigenvalue weighted by Crippen LogP contribution is 2.47. The van der Waals surface area contributed by atoms with E-state index in [1.54, 1.807) is 0 Å². The van der Waals surface area contributed by atoms with Crippen LogP contribution in [0.3, 0.4) is 0 Å². The minimum Gasteiger partial charge on any atom is -0.423 e. The Balaban J connectivity index is 2.06. The Labute approximate surface area is 132 Å². The molecule has 0 amide bonds. The predicted octanol–water partition coefficient (Wildman–Crippen LogP) is 4.83. The first-order valence-electron chi connectivity index (χ1n) is 6.11. The molecule has 0 aliphatic heterocycles. The van der Waals surface area contributed by atoms with Crippen LogP contribution >= 0.6 is 31.9 Å². The zero-order chi connectivity index (χ0) is 13.7. The summed E-state index contributed by atoms with van der Waals surface area (Å²) in [4.78, 5) is 0. The van der Waals surface area contributed by atoms with Crippen molar-refractivity contribution in [3.8, 4) is 22.6 Å². The fourth-order valence-electron chi connectivity index (χ4n) is 2.72. The normalized spacial score (nSPS) is 12.3. The van der Waals surface area contributed by atoms with Crippen LogP contribution in [-0.4, -0.2) is 10.2 Å². The molecule has 0 atom stereocenters. The Morgan fingerprint density at radius 3 is 2.75 bits per heavy atom. The molecule has 0 bridgehead atoms. The molecule has 0 spiro atoms. The van der Waals surface area contributed by atoms with E-state index >= 15 is 0 Å². The zero-order valence-electron chi connectivity index (χ0n) is 10.2. The van der Waals surface area contributed by atoms with Crippen LogP contribution in [0.4, 0.5) is 0 Å². The van der Waals surface area contributed by atoms with Crippen LogP contribution in [0.15, 0.2) is 50.1 Å². The summed E-state index contributed by atoms with van der Waals surface area (Å²) in [6.45, 7) is 0. The molecule has 0 unspecified atom stereocenters. The summed E-state index contributed by atoms with van der Waals surface area (Å²) in [5, 5.41) is 7.85. The lowest BCUT2D eigenvalue weighted by Crippen LogP contribution is -1.91. The van der Waals surface area contributed by atoms with Crippen molar-refractivity contribution in [2.75, 3.05) is 0 Å². The van der Waals surface area contributed by atoms with E-state index in [4.69, 9.17) is 4.42 Å². The van der Waals surface area contributed by atoms with Crippen molar-refractivity contribution >= 4 is 31.9 Å². The van der Waals surface area contributed by atoms with Gasteiger partial charge < -0.3 is 4.42 Å². The zero-order valence-corrected chi connectivity index (χ0v) is 13.4. The summed E-state index contributed by atoms with van der Waals surface area (Å²) in [6, 6.07) is 10.6. The van der Waals surface area contributed by atoms with Gasteiger partial charge in [-0.05, 0) is 66.6 Å². The standard InChI is InChI=1S/C15H8Br2N2O/c16-12-6-10-9-4-2-1-3-8(9)5-11(10)13(14(12)17)15-19-18-7-20-15/h1-4,6-7H,5H2. The third-order valence-electron chi connectivity index (χ3n) is 3.58. The number of nitrogens with zero attached hydrogens (tertiary/aromatic N) is 2. The van der Waals surface area contributed by atoms with Crippen molar-refractivity contribution in [1.82, 2.24) is 10.2 Å². The van der Waals surface area contributed by atoms with E-state index < -0.39 is 0 Å². The summed E-state index contributed by atoms with van der Waals surface area (Å²) in [5.41, 5.74) is 6.03. The van der Waals surface area contributed by atoms with Crippen molar-refractivity contribution < 1.29 is 4.42 Å². The maximum Gasteiger partial charge on any atom is 0.248 e. The smallest absolute Gasteiger partial charge is 0.248 e. The number of halogens is 2. The molecular weight excluding hydrogens is 384 g/mol. The van der Waals surface area contributed by atoms with Gasteiger partial charge in [-0.25, -0.2) is 0 Å². The molecule has 3 nitrogen and oxygen atoms in total. The van der Waals surface area contributed by atoms with Gasteiger partial charge in [-0.1, -0.05) is 24.3 Å². The summed E-state index contributed by atoms with van der Waals surface area (Å²) in [5.74, 6) is 0.544. The molecule has 3 aromatic rings. The van der Waals surface area contributed by atoms with Crippen LogP contribution < -0.4 is 0 Å². The summed E-state index contributed by atoms with van der Waals surface area (Å²) in [7, 11) is 0. The third-order valence-corrected chi connectivity index (χ3v) is 5.56. The molecular formula is C15H8Br2N2O. The van der Waals surface area contributed by atoms with Crippen molar-refractivity contribution in [2.24, 2.45) is 0 Å². The molecule has 1 aromatic heterocycles. The molecule has 1 heterocycles. The Kier molecular flexibility index (Phi) is 2.79. The highest BCUT2D eigenvalue weighted by Gasteiger charge is 2.26. The van der Waals surface area contributed by atoms with Crippen molar-refractivity contribution in [1.29, 1.82) is 0 Å². The minimum absolute atomic E-state index is 0.544. The Morgan fingerprint density at radius 2 is 1.95 bits per heavy atom. The van der Waals surface area contributed by atoms with Gasteiger partial charge in [0, 0.05) is 8.95 Å². The fraction of sp³-hybridized carbons (Fsp3) is 0.0667. The molecule has 4 rings (SSSR count). The first-order valence-corrected chi connectivity index (χ1v) is 7.70. The highest BCUT2D eigenvalue weighted by molar-refractivity contribution is 9.13. The van der Waals surface area contributed by atoms with Crippen molar-refractivity contribution in [3.63, 3.8) is 0 Å². The second-order valence-corrected chi connectivity index (χ2v) is 6.30. The van der Waals surface area contributed by atoms with Gasteiger partial charge in [-0.3, -0.25) is 0 Å². The average Bonchev–Trinajstić information content (AvgIpc) is 3.08. The Bertz CT molecular complexity index is 813. The van der Waals surface area contributed by atoms with E-state index in [0.717, 1.165) is 20.9 Å². The maximum atomic E-state index is 5.41. The van der Waals surface area contributed by atoms with Gasteiger partial charge in [-0.15, -0.1) is 10.2 Å². The van der Waals surface area contributed by atoms with Crippen LogP contribution in [0.25, 0.3) is 22.6 Å². The van der Waals surface area contributed by atoms with E-state index in [9.17, 15) is 0 Å². The van der Waals surface area contributed by atoms with Crippen LogP contribution in [0, 0.1) is 0 Å². The van der Waals surface area contributed by atoms with Crippen LogP contribution in [0.1, 0.15) is 11.1 Å². The lowest BCUT2D eigenvalue weighted by molar-refractivity contribution is 0.568. The van der Waals surface area contributed by atoms with E-state index in [1.807, 2.05) is 0 Å². The maximum absolute atomic E-state index is 5.41. The first kappa shape index (κ1) is 12.3. The first-order chi connectivity index (χ1) is 9.75. The number of fused-ring (bicyclic) bond motifs is 3. The van der Waals surface area contributed by atoms with Gasteiger partial charge >= 0.3 is 0 Å². The molecule has 0 radical (unpaired) electrons. The van der Waals surface area contributed by atoms with E-state index in [1.165, 1.54) is 28.6 Å². The fourth-order valence-corrected chi connectivity index (χ4v) is 3.67. The van der Waals surface area contributed by atoms with E-state index in [2.05, 4.69) is 72.4 Å². The van der Waals surface area contributed by atoms with Gasteiger partial charge in [0.15, 0.2) is 0 Å². The number of benzene rings is 2. The number of hydrogen-bond donors (Lipinski definition) is 0. The SMILES string of the molecule is Brc1cc2c(c(-c3nnco3)c1Br)Cc1ccccc1-2. The molecule has 20 heavy (non-hydrogen) atoms. The lowest BCUT2D eigenvalue weighted by atomic mass is 10.0. The summed E-state index contributed by atoms with van der Waals surface area (Å²) >= 11 is 7.23. The summed E-state index contributed by atoms with van der Waals surface area (Å²) < 4.78 is 7.35. The topological polar surface area (TPSA) is 38.9 Å². The molecule has 98 valence electrons. The molecule has 2 aromatic carbocycles. The largest absolute Gasteiger partial charge is 0.423 e. The van der Waals surface area contributed by atoms with Gasteiger partial charge in [-0.2, -0.15) is 0 Å². The monoisotopic (exact) mass is 390 g/mol. The van der Waals surface area contributed by atoms with Crippen molar-refractivity contribution in [2.45, 2.75) is 6.42 Å². The Hall–Kier alpha value is -1.46. The quantitative estimate of drug-likeness (QED) is 0.466. The summed E-state index contributed by atoms with van der Waals surface area (Å²) in [6.07, 6.45) is 2.24. The van der Waals surface area contributed by atoms with Gasteiger partial charge in [0.05, 0.1) is 5.56 Å². The van der Waals surface area contributed by atoms with Gasteiger partial charge in [0.25, 0.3) is 0 Å². The predicted molar refractivity (Wildman–Crippen MR) is 83.4 cm³/mol. The second-order valence-electron chi connectivity index (χ2n) is 4.65. The average molecular weight is 392 g/mol. The third kappa shape index (κ3) is 1.70. The van der Waals surface area contributed by atoms with Gasteiger partial charge in [0.2, 0.25) is 12.3 Å². The second kappa shape index (κ2) is 4.53. The number of rotatable bonds is 1. The number of hydrogen-bond acceptors (Lipinski definition) is 3. The molecule has 5 heteroatoms. The Morgan fingerprint density at radius 1 is 1.10 bits per heavy atom. The van der Waals surface area contributed by atoms with E-state index in [-0.39, 0.29) is 0 Å². The van der Waals surface area contributed by atoms with Crippen LogP contribution in [0.2, 0.25) is 0 Å². The molecule has 0 N–H and O–H groups in total.